The zero-order chi connectivity index (χ0) is 19.3. The molecule has 144 valence electrons. The summed E-state index contributed by atoms with van der Waals surface area (Å²) >= 11 is 0. The van der Waals surface area contributed by atoms with Crippen molar-refractivity contribution in [3.63, 3.8) is 0 Å². The molecule has 0 spiro atoms. The topological polar surface area (TPSA) is 89.5 Å². The summed E-state index contributed by atoms with van der Waals surface area (Å²) in [7, 11) is 0. The van der Waals surface area contributed by atoms with Gasteiger partial charge < -0.3 is 18.9 Å². The van der Waals surface area contributed by atoms with E-state index >= 15 is 0 Å². The van der Waals surface area contributed by atoms with E-state index in [-0.39, 0.29) is 30.8 Å². The lowest BCUT2D eigenvalue weighted by atomic mass is 9.84. The molecule has 0 saturated carbocycles. The van der Waals surface area contributed by atoms with Gasteiger partial charge in [0.2, 0.25) is 0 Å². The van der Waals surface area contributed by atoms with E-state index in [4.69, 9.17) is 23.8 Å². The van der Waals surface area contributed by atoms with Gasteiger partial charge in [-0.1, -0.05) is 27.4 Å². The van der Waals surface area contributed by atoms with Crippen molar-refractivity contribution < 1.29 is 38.3 Å². The normalized spacial score (nSPS) is 20.4. The molecule has 0 N–H and O–H groups in total. The Morgan fingerprint density at radius 2 is 1.76 bits per heavy atom. The quantitative estimate of drug-likeness (QED) is 0.214. The standard InChI is InChI=1S/C17H28O8/c1-12(2)13(18)20-8-9-21-17(11-22-25-17)24-14(19)23-16(6,7)10-15(3,4)5/h1,8-11H2,2-7H3. The zero-order valence-corrected chi connectivity index (χ0v) is 15.8. The lowest BCUT2D eigenvalue weighted by molar-refractivity contribution is -0.597. The number of hydrogen-bond donors (Lipinski definition) is 0. The van der Waals surface area contributed by atoms with Crippen LogP contribution in [0.1, 0.15) is 48.0 Å². The molecule has 1 heterocycles. The van der Waals surface area contributed by atoms with Gasteiger partial charge in [0.15, 0.2) is 6.61 Å². The Bertz CT molecular complexity index is 499. The molecule has 0 bridgehead atoms. The fraction of sp³-hybridized carbons (Fsp3) is 0.765. The van der Waals surface area contributed by atoms with Crippen LogP contribution in [0.5, 0.6) is 0 Å². The molecule has 0 radical (unpaired) electrons. The molecular formula is C17H28O8. The Morgan fingerprint density at radius 1 is 1.16 bits per heavy atom. The van der Waals surface area contributed by atoms with Crippen LogP contribution >= 0.6 is 0 Å². The van der Waals surface area contributed by atoms with E-state index in [9.17, 15) is 9.59 Å². The number of ether oxygens (including phenoxy) is 4. The maximum atomic E-state index is 12.0. The number of hydrogen-bond acceptors (Lipinski definition) is 8. The van der Waals surface area contributed by atoms with Crippen LogP contribution in [0.3, 0.4) is 0 Å². The second kappa shape index (κ2) is 8.16. The molecule has 0 aromatic heterocycles. The van der Waals surface area contributed by atoms with Gasteiger partial charge >= 0.3 is 18.1 Å². The van der Waals surface area contributed by atoms with Crippen LogP contribution < -0.4 is 0 Å². The van der Waals surface area contributed by atoms with E-state index in [1.54, 1.807) is 13.8 Å². The van der Waals surface area contributed by atoms with Crippen LogP contribution in [0, 0.1) is 5.41 Å². The van der Waals surface area contributed by atoms with Crippen molar-refractivity contribution in [3.8, 4) is 0 Å². The Morgan fingerprint density at radius 3 is 2.20 bits per heavy atom. The number of rotatable bonds is 8. The van der Waals surface area contributed by atoms with Gasteiger partial charge in [-0.15, -0.1) is 0 Å². The Kier molecular flexibility index (Phi) is 6.99. The average molecular weight is 360 g/mol. The van der Waals surface area contributed by atoms with Crippen LogP contribution in [0.15, 0.2) is 12.2 Å². The highest BCUT2D eigenvalue weighted by Gasteiger charge is 2.49. The summed E-state index contributed by atoms with van der Waals surface area (Å²) in [6.45, 7) is 14.5. The van der Waals surface area contributed by atoms with E-state index in [0.29, 0.717) is 6.42 Å². The predicted octanol–water partition coefficient (Wildman–Crippen LogP) is 3.11. The highest BCUT2D eigenvalue weighted by molar-refractivity contribution is 5.86. The molecule has 8 nitrogen and oxygen atoms in total. The van der Waals surface area contributed by atoms with Crippen molar-refractivity contribution >= 4 is 12.1 Å². The molecule has 1 aliphatic heterocycles. The molecule has 1 rings (SSSR count). The summed E-state index contributed by atoms with van der Waals surface area (Å²) in [5.41, 5.74) is -0.474. The molecule has 0 aromatic carbocycles. The first-order chi connectivity index (χ1) is 11.3. The summed E-state index contributed by atoms with van der Waals surface area (Å²) in [5, 5.41) is 0. The third kappa shape index (κ3) is 7.85. The summed E-state index contributed by atoms with van der Waals surface area (Å²) < 4.78 is 20.6. The van der Waals surface area contributed by atoms with Gasteiger partial charge in [0.05, 0.1) is 6.61 Å². The first-order valence-electron chi connectivity index (χ1n) is 8.03. The molecule has 8 heteroatoms. The van der Waals surface area contributed by atoms with Crippen molar-refractivity contribution in [2.24, 2.45) is 5.41 Å². The minimum Gasteiger partial charge on any atom is -0.460 e. The second-order valence-corrected chi connectivity index (χ2v) is 7.74. The maximum Gasteiger partial charge on any atom is 0.513 e. The predicted molar refractivity (Wildman–Crippen MR) is 87.2 cm³/mol. The van der Waals surface area contributed by atoms with Gasteiger partial charge in [-0.3, -0.25) is 0 Å². The van der Waals surface area contributed by atoms with Gasteiger partial charge in [-0.05, 0) is 32.6 Å². The van der Waals surface area contributed by atoms with Gasteiger partial charge in [-0.2, -0.15) is 4.89 Å². The van der Waals surface area contributed by atoms with Crippen molar-refractivity contribution in [2.45, 2.75) is 59.5 Å². The first-order valence-corrected chi connectivity index (χ1v) is 8.03. The van der Waals surface area contributed by atoms with Crippen LogP contribution in [0.2, 0.25) is 0 Å². The van der Waals surface area contributed by atoms with E-state index in [1.807, 2.05) is 20.8 Å². The summed E-state index contributed by atoms with van der Waals surface area (Å²) in [6.07, 6.45) is -0.298. The molecular weight excluding hydrogens is 332 g/mol. The lowest BCUT2D eigenvalue weighted by Crippen LogP contribution is -2.54. The van der Waals surface area contributed by atoms with Crippen LogP contribution in [0.25, 0.3) is 0 Å². The Balaban J connectivity index is 2.44. The minimum atomic E-state index is -1.69. The van der Waals surface area contributed by atoms with Gasteiger partial charge in [0.1, 0.15) is 12.2 Å². The average Bonchev–Trinajstić information content (AvgIpc) is 2.36. The van der Waals surface area contributed by atoms with Crippen LogP contribution in [-0.4, -0.2) is 43.5 Å². The van der Waals surface area contributed by atoms with Gasteiger partial charge in [0.25, 0.3) is 0 Å². The lowest BCUT2D eigenvalue weighted by Gasteiger charge is -2.38. The molecule has 1 fully saturated rings. The van der Waals surface area contributed by atoms with Crippen molar-refractivity contribution in [2.75, 3.05) is 19.8 Å². The van der Waals surface area contributed by atoms with Crippen LogP contribution in [-0.2, 0) is 33.5 Å². The fourth-order valence-electron chi connectivity index (χ4n) is 2.44. The maximum absolute atomic E-state index is 12.0. The first kappa shape index (κ1) is 21.4. The summed E-state index contributed by atoms with van der Waals surface area (Å²) in [4.78, 5) is 32.6. The molecule has 1 aliphatic rings. The van der Waals surface area contributed by atoms with Crippen molar-refractivity contribution in [1.29, 1.82) is 0 Å². The van der Waals surface area contributed by atoms with Crippen molar-refractivity contribution in [1.82, 2.24) is 0 Å². The smallest absolute Gasteiger partial charge is 0.460 e. The van der Waals surface area contributed by atoms with Crippen molar-refractivity contribution in [3.05, 3.63) is 12.2 Å². The molecule has 1 saturated heterocycles. The van der Waals surface area contributed by atoms with Crippen LogP contribution in [0.4, 0.5) is 4.79 Å². The Hall–Kier alpha value is -1.64. The molecule has 0 aromatic rings. The molecule has 0 amide bonds. The van der Waals surface area contributed by atoms with Gasteiger partial charge in [-0.25, -0.2) is 14.5 Å². The fourth-order valence-corrected chi connectivity index (χ4v) is 2.44. The van der Waals surface area contributed by atoms with Gasteiger partial charge in [0, 0.05) is 5.57 Å². The zero-order valence-electron chi connectivity index (χ0n) is 15.8. The molecule has 25 heavy (non-hydrogen) atoms. The second-order valence-electron chi connectivity index (χ2n) is 7.74. The minimum absolute atomic E-state index is 0.0266. The van der Waals surface area contributed by atoms with E-state index in [1.165, 1.54) is 6.92 Å². The number of esters is 1. The van der Waals surface area contributed by atoms with E-state index < -0.39 is 23.7 Å². The Labute approximate surface area is 148 Å². The van der Waals surface area contributed by atoms with E-state index in [0.717, 1.165) is 0 Å². The number of carbonyl (C=O) groups is 2. The summed E-state index contributed by atoms with van der Waals surface area (Å²) in [5.74, 6) is -2.22. The molecule has 1 unspecified atom stereocenters. The highest BCUT2D eigenvalue weighted by Crippen LogP contribution is 2.31. The SMILES string of the molecule is C=C(C)C(=O)OCCOC1(OC(=O)OC(C)(C)CC(C)(C)C)COO1. The highest BCUT2D eigenvalue weighted by atomic mass is 17.3. The van der Waals surface area contributed by atoms with E-state index in [2.05, 4.69) is 11.5 Å². The molecule has 1 atom stereocenters. The third-order valence-corrected chi connectivity index (χ3v) is 2.96. The molecule has 0 aliphatic carbocycles. The summed E-state index contributed by atoms with van der Waals surface area (Å²) in [6, 6.07) is 0. The number of carbonyl (C=O) groups excluding carboxylic acids is 2. The third-order valence-electron chi connectivity index (χ3n) is 2.96. The monoisotopic (exact) mass is 360 g/mol. The largest absolute Gasteiger partial charge is 0.513 e.